The Morgan fingerprint density at radius 2 is 2.14 bits per heavy atom. The molecule has 0 radical (unpaired) electrons. The molecular weight excluding hydrogens is 325 g/mol. The molecule has 0 N–H and O–H groups in total. The Hall–Kier alpha value is -2.28. The zero-order valence-electron chi connectivity index (χ0n) is 11.1. The molecule has 10 heteroatoms. The zero-order valence-corrected chi connectivity index (χ0v) is 12.0. The first-order chi connectivity index (χ1) is 10.2. The summed E-state index contributed by atoms with van der Waals surface area (Å²) in [6, 6.07) is 3.09. The maximum atomic E-state index is 12.6. The van der Waals surface area contributed by atoms with E-state index in [0.29, 0.717) is 6.07 Å². The third-order valence-electron chi connectivity index (χ3n) is 2.38. The summed E-state index contributed by atoms with van der Waals surface area (Å²) in [5.74, 6) is -0.822. The van der Waals surface area contributed by atoms with Gasteiger partial charge >= 0.3 is 11.5 Å². The molecule has 0 bridgehead atoms. The lowest BCUT2D eigenvalue weighted by atomic mass is 10.0. The molecule has 1 rings (SSSR count). The lowest BCUT2D eigenvalue weighted by molar-refractivity contribution is -0.385. The number of esters is 1. The number of hydrogen-bond acceptors (Lipinski definition) is 6. The summed E-state index contributed by atoms with van der Waals surface area (Å²) in [5, 5.41) is 19.7. The standard InChI is InChI=1S/C12H9F3N2O4S/c1-2-21-11(18)5-9-7(6-16)3-8(17(19)20)4-10(9)22-12(13,14)15/h3-4H,2,5H2,1H3. The van der Waals surface area contributed by atoms with Crippen molar-refractivity contribution in [3.05, 3.63) is 33.4 Å². The highest BCUT2D eigenvalue weighted by molar-refractivity contribution is 8.00. The van der Waals surface area contributed by atoms with Crippen LogP contribution in [0, 0.1) is 21.4 Å². The summed E-state index contributed by atoms with van der Waals surface area (Å²) in [6.07, 6.45) is -0.576. The van der Waals surface area contributed by atoms with E-state index in [-0.39, 0.29) is 17.7 Å². The van der Waals surface area contributed by atoms with Crippen LogP contribution in [0.5, 0.6) is 0 Å². The average molecular weight is 334 g/mol. The second-order valence-electron chi connectivity index (χ2n) is 3.87. The molecule has 0 fully saturated rings. The van der Waals surface area contributed by atoms with Crippen LogP contribution in [0.2, 0.25) is 0 Å². The first-order valence-electron chi connectivity index (χ1n) is 5.80. The first kappa shape index (κ1) is 17.8. The molecule has 0 aromatic heterocycles. The minimum absolute atomic E-state index is 0.0233. The van der Waals surface area contributed by atoms with Crippen LogP contribution in [0.3, 0.4) is 0 Å². The largest absolute Gasteiger partial charge is 0.466 e. The average Bonchev–Trinajstić information content (AvgIpc) is 2.38. The van der Waals surface area contributed by atoms with Gasteiger partial charge in [0.15, 0.2) is 0 Å². The Labute approximate surface area is 127 Å². The van der Waals surface area contributed by atoms with Crippen molar-refractivity contribution in [2.24, 2.45) is 0 Å². The zero-order chi connectivity index (χ0) is 16.9. The second kappa shape index (κ2) is 7.13. The lowest BCUT2D eigenvalue weighted by Crippen LogP contribution is -2.11. The fraction of sp³-hybridized carbons (Fsp3) is 0.333. The van der Waals surface area contributed by atoms with E-state index in [1.54, 1.807) is 6.07 Å². The Morgan fingerprint density at radius 1 is 1.50 bits per heavy atom. The van der Waals surface area contributed by atoms with Gasteiger partial charge < -0.3 is 4.74 Å². The summed E-state index contributed by atoms with van der Waals surface area (Å²) < 4.78 is 42.3. The van der Waals surface area contributed by atoms with Gasteiger partial charge in [-0.15, -0.1) is 0 Å². The van der Waals surface area contributed by atoms with Crippen molar-refractivity contribution in [2.75, 3.05) is 6.61 Å². The number of ether oxygens (including phenoxy) is 1. The van der Waals surface area contributed by atoms with Gasteiger partial charge in [-0.2, -0.15) is 18.4 Å². The van der Waals surface area contributed by atoms with Crippen LogP contribution in [0.15, 0.2) is 17.0 Å². The first-order valence-corrected chi connectivity index (χ1v) is 6.62. The molecule has 1 aromatic rings. The van der Waals surface area contributed by atoms with E-state index >= 15 is 0 Å². The van der Waals surface area contributed by atoms with Gasteiger partial charge in [0, 0.05) is 17.0 Å². The van der Waals surface area contributed by atoms with Crippen molar-refractivity contribution in [1.29, 1.82) is 5.26 Å². The highest BCUT2D eigenvalue weighted by Gasteiger charge is 2.32. The molecule has 6 nitrogen and oxygen atoms in total. The molecule has 0 saturated heterocycles. The van der Waals surface area contributed by atoms with Crippen molar-refractivity contribution in [1.82, 2.24) is 0 Å². The molecule has 118 valence electrons. The van der Waals surface area contributed by atoms with Crippen molar-refractivity contribution >= 4 is 23.4 Å². The Bertz CT molecular complexity index is 640. The van der Waals surface area contributed by atoms with E-state index in [1.807, 2.05) is 0 Å². The number of thioether (sulfide) groups is 1. The topological polar surface area (TPSA) is 93.2 Å². The van der Waals surface area contributed by atoms with Crippen LogP contribution in [0.4, 0.5) is 18.9 Å². The minimum Gasteiger partial charge on any atom is -0.466 e. The molecule has 1 aromatic carbocycles. The Balaban J connectivity index is 3.39. The molecule has 0 aliphatic carbocycles. The monoisotopic (exact) mass is 334 g/mol. The number of nitro groups is 1. The molecule has 0 unspecified atom stereocenters. The van der Waals surface area contributed by atoms with E-state index in [4.69, 9.17) is 5.26 Å². The second-order valence-corrected chi connectivity index (χ2v) is 4.98. The summed E-state index contributed by atoms with van der Waals surface area (Å²) in [6.45, 7) is 1.54. The van der Waals surface area contributed by atoms with Gasteiger partial charge in [-0.05, 0) is 24.2 Å². The van der Waals surface area contributed by atoms with Gasteiger partial charge in [-0.3, -0.25) is 14.9 Å². The van der Waals surface area contributed by atoms with Gasteiger partial charge in [0.05, 0.1) is 29.6 Å². The number of rotatable bonds is 5. The van der Waals surface area contributed by atoms with Crippen molar-refractivity contribution in [3.63, 3.8) is 0 Å². The van der Waals surface area contributed by atoms with Crippen LogP contribution in [0.25, 0.3) is 0 Å². The number of carbonyl (C=O) groups is 1. The summed E-state index contributed by atoms with van der Waals surface area (Å²) in [7, 11) is 0. The molecule has 0 heterocycles. The number of carbonyl (C=O) groups excluding carboxylic acids is 1. The number of alkyl halides is 3. The van der Waals surface area contributed by atoms with Crippen molar-refractivity contribution in [2.45, 2.75) is 23.7 Å². The van der Waals surface area contributed by atoms with E-state index in [0.717, 1.165) is 6.07 Å². The highest BCUT2D eigenvalue weighted by atomic mass is 32.2. The van der Waals surface area contributed by atoms with Gasteiger partial charge in [0.1, 0.15) is 0 Å². The van der Waals surface area contributed by atoms with Crippen LogP contribution >= 0.6 is 11.8 Å². The minimum atomic E-state index is -4.72. The Morgan fingerprint density at radius 3 is 2.59 bits per heavy atom. The summed E-state index contributed by atoms with van der Waals surface area (Å²) >= 11 is -0.615. The SMILES string of the molecule is CCOC(=O)Cc1c(C#N)cc([N+](=O)[O-])cc1SC(F)(F)F. The quantitative estimate of drug-likeness (QED) is 0.355. The number of halogens is 3. The molecule has 0 aliphatic rings. The molecule has 0 saturated carbocycles. The Kier molecular flexibility index (Phi) is 5.76. The number of non-ortho nitro benzene ring substituents is 1. The predicted molar refractivity (Wildman–Crippen MR) is 70.1 cm³/mol. The normalized spacial score (nSPS) is 10.9. The molecule has 22 heavy (non-hydrogen) atoms. The van der Waals surface area contributed by atoms with Crippen LogP contribution in [-0.4, -0.2) is 23.0 Å². The predicted octanol–water partition coefficient (Wildman–Crippen LogP) is 3.18. The fourth-order valence-electron chi connectivity index (χ4n) is 1.59. The number of nitriles is 1. The number of nitro benzene ring substituents is 1. The van der Waals surface area contributed by atoms with Gasteiger partial charge in [0.2, 0.25) is 0 Å². The van der Waals surface area contributed by atoms with Gasteiger partial charge in [0.25, 0.3) is 5.69 Å². The maximum absolute atomic E-state index is 12.6. The molecule has 0 aliphatic heterocycles. The van der Waals surface area contributed by atoms with E-state index in [1.165, 1.54) is 6.92 Å². The smallest absolute Gasteiger partial charge is 0.446 e. The van der Waals surface area contributed by atoms with Crippen molar-refractivity contribution in [3.8, 4) is 6.07 Å². The van der Waals surface area contributed by atoms with Crippen molar-refractivity contribution < 1.29 is 27.6 Å². The van der Waals surface area contributed by atoms with Crippen LogP contribution in [0.1, 0.15) is 18.1 Å². The third kappa shape index (κ3) is 4.92. The molecule has 0 atom stereocenters. The maximum Gasteiger partial charge on any atom is 0.446 e. The lowest BCUT2D eigenvalue weighted by Gasteiger charge is -2.12. The molecular formula is C12H9F3N2O4S. The summed E-state index contributed by atoms with van der Waals surface area (Å²) in [4.78, 5) is 20.7. The van der Waals surface area contributed by atoms with E-state index < -0.39 is 45.2 Å². The number of benzene rings is 1. The fourth-order valence-corrected chi connectivity index (χ4v) is 2.32. The van der Waals surface area contributed by atoms with E-state index in [2.05, 4.69) is 4.74 Å². The van der Waals surface area contributed by atoms with Crippen LogP contribution in [-0.2, 0) is 16.0 Å². The number of nitrogens with zero attached hydrogens (tertiary/aromatic N) is 2. The summed E-state index contributed by atoms with van der Waals surface area (Å²) in [5.41, 5.74) is -5.98. The van der Waals surface area contributed by atoms with Gasteiger partial charge in [-0.1, -0.05) is 0 Å². The van der Waals surface area contributed by atoms with Crippen LogP contribution < -0.4 is 0 Å². The molecule has 0 amide bonds. The van der Waals surface area contributed by atoms with Gasteiger partial charge in [-0.25, -0.2) is 0 Å². The third-order valence-corrected chi connectivity index (χ3v) is 3.19. The number of hydrogen-bond donors (Lipinski definition) is 0. The van der Waals surface area contributed by atoms with E-state index in [9.17, 15) is 28.1 Å². The highest BCUT2D eigenvalue weighted by Crippen LogP contribution is 2.41. The molecule has 0 spiro atoms.